The molecule has 0 radical (unpaired) electrons. The Kier molecular flexibility index (Phi) is 6.07. The molecule has 0 amide bonds. The van der Waals surface area contributed by atoms with Gasteiger partial charge in [0.1, 0.15) is 12.2 Å². The number of esters is 1. The smallest absolute Gasteiger partial charge is 0.331 e. The molecule has 2 bridgehead atoms. The minimum Gasteiger partial charge on any atom is -0.504 e. The summed E-state index contributed by atoms with van der Waals surface area (Å²) in [6.45, 7) is 0.662. The van der Waals surface area contributed by atoms with E-state index in [-0.39, 0.29) is 17.6 Å². The summed E-state index contributed by atoms with van der Waals surface area (Å²) in [6.07, 6.45) is 2.70. The average Bonchev–Trinajstić information content (AvgIpc) is 3.48. The molecule has 1 spiro atoms. The van der Waals surface area contributed by atoms with Gasteiger partial charge in [-0.15, -0.1) is 0 Å². The van der Waals surface area contributed by atoms with E-state index in [2.05, 4.69) is 5.32 Å². The second-order valence-electron chi connectivity index (χ2n) is 10.5. The molecule has 6 atom stereocenters. The number of carbonyl (C=O) groups is 1. The minimum atomic E-state index is -1.28. The fourth-order valence-corrected chi connectivity index (χ4v) is 7.70. The van der Waals surface area contributed by atoms with Gasteiger partial charge in [0.25, 0.3) is 0 Å². The Morgan fingerprint density at radius 1 is 1.08 bits per heavy atom. The monoisotopic (exact) mass is 539 g/mol. The van der Waals surface area contributed by atoms with Crippen molar-refractivity contribution >= 4 is 12.0 Å². The Balaban J connectivity index is 1.39. The number of hydrogen-bond acceptors (Lipinski definition) is 10. The number of benzene rings is 2. The van der Waals surface area contributed by atoms with Crippen LogP contribution in [0, 0.1) is 0 Å². The molecule has 6 rings (SSSR count). The highest BCUT2D eigenvalue weighted by Gasteiger charge is 2.81. The van der Waals surface area contributed by atoms with Crippen molar-refractivity contribution in [2.45, 2.75) is 54.3 Å². The van der Waals surface area contributed by atoms with Crippen molar-refractivity contribution in [3.8, 4) is 23.0 Å². The Hall–Kier alpha value is -3.31. The molecule has 2 heterocycles. The van der Waals surface area contributed by atoms with E-state index >= 15 is 0 Å². The maximum atomic E-state index is 13.1. The second-order valence-corrected chi connectivity index (χ2v) is 10.5. The fourth-order valence-electron chi connectivity index (χ4n) is 7.70. The molecule has 3 N–H and O–H groups in total. The molecule has 2 aliphatic heterocycles. The van der Waals surface area contributed by atoms with Crippen LogP contribution < -0.4 is 14.8 Å². The fraction of sp³-hybridized carbons (Fsp3) is 0.483. The average molecular weight is 540 g/mol. The van der Waals surface area contributed by atoms with Crippen molar-refractivity contribution < 1.29 is 43.4 Å². The van der Waals surface area contributed by atoms with Crippen LogP contribution in [0.3, 0.4) is 0 Å². The number of nitrogens with one attached hydrogen (secondary N) is 1. The zero-order valence-electron chi connectivity index (χ0n) is 22.4. The third-order valence-electron chi connectivity index (χ3n) is 9.12. The van der Waals surface area contributed by atoms with Crippen molar-refractivity contribution in [2.24, 2.45) is 0 Å². The first kappa shape index (κ1) is 25.9. The first-order valence-electron chi connectivity index (χ1n) is 13.0. The van der Waals surface area contributed by atoms with Crippen molar-refractivity contribution in [2.75, 3.05) is 35.0 Å². The number of hydrogen-bond donors (Lipinski definition) is 3. The number of ether oxygens (including phenoxy) is 6. The Morgan fingerprint density at radius 3 is 2.54 bits per heavy atom. The molecular formula is C29H33NO9. The van der Waals surface area contributed by atoms with Crippen molar-refractivity contribution in [3.63, 3.8) is 0 Å². The maximum Gasteiger partial charge on any atom is 0.331 e. The molecule has 3 fully saturated rings. The SMILES string of the molecule is COc1ccc(C=CC(=O)OC2CC34CCNC35CC(OC5(OC)C2OC)c2ccc(OC)c(O)c24)cc1O. The van der Waals surface area contributed by atoms with Gasteiger partial charge in [-0.3, -0.25) is 0 Å². The summed E-state index contributed by atoms with van der Waals surface area (Å²) in [6, 6.07) is 8.52. The summed E-state index contributed by atoms with van der Waals surface area (Å²) in [7, 11) is 6.13. The summed E-state index contributed by atoms with van der Waals surface area (Å²) in [5, 5.41) is 25.2. The first-order valence-corrected chi connectivity index (χ1v) is 13.0. The molecule has 10 heteroatoms. The highest BCUT2D eigenvalue weighted by atomic mass is 16.7. The first-order chi connectivity index (χ1) is 18.8. The number of methoxy groups -OCH3 is 4. The lowest BCUT2D eigenvalue weighted by molar-refractivity contribution is -0.328. The van der Waals surface area contributed by atoms with Crippen LogP contribution in [0.4, 0.5) is 0 Å². The van der Waals surface area contributed by atoms with Crippen LogP contribution in [-0.2, 0) is 29.2 Å². The quantitative estimate of drug-likeness (QED) is 0.357. The highest BCUT2D eigenvalue weighted by Crippen LogP contribution is 2.71. The van der Waals surface area contributed by atoms with E-state index in [1.54, 1.807) is 38.5 Å². The van der Waals surface area contributed by atoms with Crippen LogP contribution in [0.15, 0.2) is 36.4 Å². The Bertz CT molecular complexity index is 1340. The standard InChI is InChI=1S/C29H33NO9/c1-34-19-8-5-16(13-18(19)31)6-10-23(32)38-22-14-27-11-12-30-28(27)15-21(39-29(28,37-4)26(22)36-3)17-7-9-20(35-2)25(33)24(17)27/h5-10,13,21-22,26,30-31,33H,11-12,14-15H2,1-4H3. The lowest BCUT2D eigenvalue weighted by Crippen LogP contribution is -2.78. The van der Waals surface area contributed by atoms with Gasteiger partial charge in [0.2, 0.25) is 5.79 Å². The molecule has 1 saturated carbocycles. The number of rotatable bonds is 7. The van der Waals surface area contributed by atoms with Gasteiger partial charge in [0, 0.05) is 37.7 Å². The summed E-state index contributed by atoms with van der Waals surface area (Å²) in [5.74, 6) is -1.11. The van der Waals surface area contributed by atoms with E-state index in [4.69, 9.17) is 28.4 Å². The molecular weight excluding hydrogens is 506 g/mol. The van der Waals surface area contributed by atoms with Crippen molar-refractivity contribution in [1.82, 2.24) is 5.32 Å². The molecule has 6 unspecified atom stereocenters. The van der Waals surface area contributed by atoms with Gasteiger partial charge < -0.3 is 44.0 Å². The third kappa shape index (κ3) is 3.32. The van der Waals surface area contributed by atoms with Crippen LogP contribution in [-0.4, -0.2) is 74.7 Å². The lowest BCUT2D eigenvalue weighted by atomic mass is 9.50. The van der Waals surface area contributed by atoms with Crippen LogP contribution in [0.5, 0.6) is 23.0 Å². The van der Waals surface area contributed by atoms with E-state index in [1.165, 1.54) is 26.4 Å². The predicted octanol–water partition coefficient (Wildman–Crippen LogP) is 2.95. The zero-order valence-corrected chi connectivity index (χ0v) is 22.4. The van der Waals surface area contributed by atoms with E-state index < -0.39 is 34.9 Å². The van der Waals surface area contributed by atoms with Crippen molar-refractivity contribution in [1.29, 1.82) is 0 Å². The highest BCUT2D eigenvalue weighted by molar-refractivity contribution is 5.87. The van der Waals surface area contributed by atoms with E-state index in [0.717, 1.165) is 11.1 Å². The van der Waals surface area contributed by atoms with Gasteiger partial charge >= 0.3 is 5.97 Å². The van der Waals surface area contributed by atoms with Crippen LogP contribution in [0.1, 0.15) is 42.1 Å². The van der Waals surface area contributed by atoms with Gasteiger partial charge in [0.05, 0.1) is 25.9 Å². The molecule has 10 nitrogen and oxygen atoms in total. The number of phenols is 2. The zero-order chi connectivity index (χ0) is 27.6. The van der Waals surface area contributed by atoms with E-state index in [9.17, 15) is 15.0 Å². The number of fused-ring (bicyclic) bond motifs is 3. The molecule has 4 aliphatic rings. The van der Waals surface area contributed by atoms with E-state index in [0.29, 0.717) is 42.9 Å². The van der Waals surface area contributed by atoms with Crippen LogP contribution in [0.2, 0.25) is 0 Å². The Morgan fingerprint density at radius 2 is 1.85 bits per heavy atom. The van der Waals surface area contributed by atoms with Gasteiger partial charge in [-0.2, -0.15) is 0 Å². The van der Waals surface area contributed by atoms with E-state index in [1.807, 2.05) is 6.07 Å². The second kappa shape index (κ2) is 9.12. The van der Waals surface area contributed by atoms with Gasteiger partial charge in [-0.1, -0.05) is 12.1 Å². The van der Waals surface area contributed by atoms with Crippen LogP contribution >= 0.6 is 0 Å². The summed E-state index contributed by atoms with van der Waals surface area (Å²) < 4.78 is 35.5. The normalized spacial score (nSPS) is 34.0. The topological polar surface area (TPSA) is 125 Å². The van der Waals surface area contributed by atoms with Gasteiger partial charge in [-0.05, 0) is 54.8 Å². The molecule has 208 valence electrons. The van der Waals surface area contributed by atoms with Gasteiger partial charge in [-0.25, -0.2) is 4.79 Å². The minimum absolute atomic E-state index is 0.0333. The molecule has 39 heavy (non-hydrogen) atoms. The van der Waals surface area contributed by atoms with Crippen molar-refractivity contribution in [3.05, 3.63) is 53.1 Å². The molecule has 2 aromatic carbocycles. The maximum absolute atomic E-state index is 13.1. The molecule has 2 aromatic rings. The lowest BCUT2D eigenvalue weighted by Gasteiger charge is -2.59. The van der Waals surface area contributed by atoms with Crippen LogP contribution in [0.25, 0.3) is 6.08 Å². The predicted molar refractivity (Wildman–Crippen MR) is 139 cm³/mol. The number of phenolic OH excluding ortho intramolecular Hbond substituents is 2. The summed E-state index contributed by atoms with van der Waals surface area (Å²) in [5.41, 5.74) is 0.854. The number of carbonyl (C=O) groups excluding carboxylic acids is 1. The molecule has 2 saturated heterocycles. The summed E-state index contributed by atoms with van der Waals surface area (Å²) in [4.78, 5) is 13.1. The number of aromatic hydroxyl groups is 2. The molecule has 0 aromatic heterocycles. The largest absolute Gasteiger partial charge is 0.504 e. The summed E-state index contributed by atoms with van der Waals surface area (Å²) >= 11 is 0. The molecule has 2 aliphatic carbocycles. The van der Waals surface area contributed by atoms with Gasteiger partial charge in [0.15, 0.2) is 23.0 Å². The third-order valence-corrected chi connectivity index (χ3v) is 9.12. The Labute approximate surface area is 226 Å².